The van der Waals surface area contributed by atoms with Crippen molar-refractivity contribution in [3.05, 3.63) is 40.6 Å². The Morgan fingerprint density at radius 1 is 1.29 bits per heavy atom. The molecule has 1 aliphatic rings. The van der Waals surface area contributed by atoms with Crippen molar-refractivity contribution in [2.24, 2.45) is 0 Å². The van der Waals surface area contributed by atoms with Gasteiger partial charge in [-0.05, 0) is 18.2 Å². The number of cyclic esters (lactones) is 2. The van der Waals surface area contributed by atoms with Gasteiger partial charge >= 0.3 is 11.9 Å². The Bertz CT molecular complexity index is 667. The van der Waals surface area contributed by atoms with Gasteiger partial charge in [-0.25, -0.2) is 9.59 Å². The fourth-order valence-corrected chi connectivity index (χ4v) is 1.81. The quantitative estimate of drug-likeness (QED) is 0.512. The van der Waals surface area contributed by atoms with Crippen molar-refractivity contribution in [2.75, 3.05) is 5.32 Å². The molecule has 0 aliphatic carbocycles. The first kappa shape index (κ1) is 14.9. The van der Waals surface area contributed by atoms with Gasteiger partial charge in [-0.15, -0.1) is 0 Å². The first-order valence-electron chi connectivity index (χ1n) is 5.95. The maximum Gasteiger partial charge on any atom is 0.350 e. The van der Waals surface area contributed by atoms with Crippen LogP contribution in [0.2, 0.25) is 5.02 Å². The molecule has 0 radical (unpaired) electrons. The highest BCUT2D eigenvalue weighted by Crippen LogP contribution is 2.25. The lowest BCUT2D eigenvalue weighted by molar-refractivity contribution is -0.222. The fraction of sp³-hybridized carbons (Fsp3) is 0.214. The van der Waals surface area contributed by atoms with E-state index in [0.717, 1.165) is 6.20 Å². The normalized spacial score (nSPS) is 16.6. The highest BCUT2D eigenvalue weighted by molar-refractivity contribution is 6.33. The molecule has 108 valence electrons. The van der Waals surface area contributed by atoms with Crippen LogP contribution in [-0.4, -0.2) is 17.7 Å². The van der Waals surface area contributed by atoms with Gasteiger partial charge in [0, 0.05) is 20.0 Å². The van der Waals surface area contributed by atoms with Gasteiger partial charge in [0.25, 0.3) is 5.79 Å². The number of halogens is 1. The number of anilines is 1. The SMILES string of the molecule is CC1(C)OC(=O)C(=CNc2cc(C#N)ccc2Cl)C(=O)O1. The largest absolute Gasteiger partial charge is 0.419 e. The minimum Gasteiger partial charge on any atom is -0.419 e. The molecule has 0 spiro atoms. The molecule has 1 fully saturated rings. The average molecular weight is 307 g/mol. The number of nitrogens with one attached hydrogen (secondary N) is 1. The molecule has 0 saturated carbocycles. The van der Waals surface area contributed by atoms with Crippen molar-refractivity contribution in [1.82, 2.24) is 0 Å². The van der Waals surface area contributed by atoms with Gasteiger partial charge < -0.3 is 14.8 Å². The van der Waals surface area contributed by atoms with Crippen LogP contribution in [0, 0.1) is 11.3 Å². The zero-order chi connectivity index (χ0) is 15.6. The van der Waals surface area contributed by atoms with Crippen molar-refractivity contribution in [3.8, 4) is 6.07 Å². The predicted octanol–water partition coefficient (Wildman–Crippen LogP) is 2.34. The molecular formula is C14H11ClN2O4. The number of nitriles is 1. The first-order chi connectivity index (χ1) is 9.82. The maximum absolute atomic E-state index is 11.7. The van der Waals surface area contributed by atoms with Crippen LogP contribution in [0.4, 0.5) is 5.69 Å². The smallest absolute Gasteiger partial charge is 0.350 e. The number of benzene rings is 1. The lowest BCUT2D eigenvalue weighted by atomic mass is 10.2. The highest BCUT2D eigenvalue weighted by Gasteiger charge is 2.38. The maximum atomic E-state index is 11.7. The molecule has 7 heteroatoms. The molecule has 0 amide bonds. The van der Waals surface area contributed by atoms with E-state index in [2.05, 4.69) is 5.32 Å². The number of ether oxygens (including phenoxy) is 2. The van der Waals surface area contributed by atoms with Gasteiger partial charge in [-0.3, -0.25) is 0 Å². The first-order valence-corrected chi connectivity index (χ1v) is 6.33. The minimum atomic E-state index is -1.29. The van der Waals surface area contributed by atoms with E-state index in [-0.39, 0.29) is 5.57 Å². The Hall–Kier alpha value is -2.52. The molecule has 1 aromatic carbocycles. The summed E-state index contributed by atoms with van der Waals surface area (Å²) in [4.78, 5) is 23.5. The van der Waals surface area contributed by atoms with Gasteiger partial charge in [0.1, 0.15) is 0 Å². The Balaban J connectivity index is 2.24. The third-order valence-electron chi connectivity index (χ3n) is 2.58. The number of hydrogen-bond donors (Lipinski definition) is 1. The van der Waals surface area contributed by atoms with Crippen LogP contribution < -0.4 is 5.32 Å². The molecule has 0 aromatic heterocycles. The molecule has 1 saturated heterocycles. The van der Waals surface area contributed by atoms with Gasteiger partial charge in [-0.2, -0.15) is 5.26 Å². The van der Waals surface area contributed by atoms with Crippen molar-refractivity contribution in [3.63, 3.8) is 0 Å². The van der Waals surface area contributed by atoms with E-state index in [1.165, 1.54) is 26.0 Å². The van der Waals surface area contributed by atoms with Gasteiger partial charge in [0.2, 0.25) is 0 Å². The van der Waals surface area contributed by atoms with E-state index < -0.39 is 17.7 Å². The summed E-state index contributed by atoms with van der Waals surface area (Å²) in [7, 11) is 0. The number of carbonyl (C=O) groups excluding carboxylic acids is 2. The topological polar surface area (TPSA) is 88.4 Å². The molecule has 0 bridgehead atoms. The summed E-state index contributed by atoms with van der Waals surface area (Å²) in [5.41, 5.74) is 0.483. The van der Waals surface area contributed by atoms with E-state index in [1.807, 2.05) is 6.07 Å². The standard InChI is InChI=1S/C14H11ClN2O4/c1-14(2)20-12(18)9(13(19)21-14)7-17-11-5-8(6-16)3-4-10(11)15/h3-5,7,17H,1-2H3. The van der Waals surface area contributed by atoms with E-state index in [1.54, 1.807) is 6.07 Å². The van der Waals surface area contributed by atoms with Crippen molar-refractivity contribution in [1.29, 1.82) is 5.26 Å². The number of esters is 2. The van der Waals surface area contributed by atoms with Crippen LogP contribution >= 0.6 is 11.6 Å². The summed E-state index contributed by atoms with van der Waals surface area (Å²) in [5, 5.41) is 11.9. The fourth-order valence-electron chi connectivity index (χ4n) is 1.63. The summed E-state index contributed by atoms with van der Waals surface area (Å²) in [6, 6.07) is 6.52. The van der Waals surface area contributed by atoms with Gasteiger partial charge in [-0.1, -0.05) is 11.6 Å². The Labute approximate surface area is 125 Å². The van der Waals surface area contributed by atoms with Crippen molar-refractivity contribution >= 4 is 29.2 Å². The lowest BCUT2D eigenvalue weighted by Crippen LogP contribution is -2.42. The Morgan fingerprint density at radius 2 is 1.90 bits per heavy atom. The van der Waals surface area contributed by atoms with E-state index in [9.17, 15) is 9.59 Å². The second kappa shape index (κ2) is 5.46. The molecule has 0 atom stereocenters. The average Bonchev–Trinajstić information content (AvgIpc) is 2.38. The summed E-state index contributed by atoms with van der Waals surface area (Å²) in [6.07, 6.45) is 1.14. The molecule has 2 rings (SSSR count). The molecule has 1 heterocycles. The van der Waals surface area contributed by atoms with E-state index in [4.69, 9.17) is 26.3 Å². The van der Waals surface area contributed by atoms with Crippen LogP contribution in [0.15, 0.2) is 30.0 Å². The third kappa shape index (κ3) is 3.33. The predicted molar refractivity (Wildman–Crippen MR) is 74.1 cm³/mol. The van der Waals surface area contributed by atoms with Crippen LogP contribution in [0.25, 0.3) is 0 Å². The Kier molecular flexibility index (Phi) is 3.87. The zero-order valence-electron chi connectivity index (χ0n) is 11.3. The second-order valence-electron chi connectivity index (χ2n) is 4.69. The van der Waals surface area contributed by atoms with Gasteiger partial charge in [0.15, 0.2) is 5.57 Å². The van der Waals surface area contributed by atoms with Crippen LogP contribution in [0.1, 0.15) is 19.4 Å². The molecule has 0 unspecified atom stereocenters. The Morgan fingerprint density at radius 3 is 2.48 bits per heavy atom. The van der Waals surface area contributed by atoms with Crippen LogP contribution in [0.5, 0.6) is 0 Å². The number of nitrogens with zero attached hydrogens (tertiary/aromatic N) is 1. The monoisotopic (exact) mass is 306 g/mol. The number of hydrogen-bond acceptors (Lipinski definition) is 6. The van der Waals surface area contributed by atoms with Crippen molar-refractivity contribution < 1.29 is 19.1 Å². The zero-order valence-corrected chi connectivity index (χ0v) is 12.0. The number of carbonyl (C=O) groups is 2. The van der Waals surface area contributed by atoms with Crippen LogP contribution in [0.3, 0.4) is 0 Å². The summed E-state index contributed by atoms with van der Waals surface area (Å²) < 4.78 is 9.89. The van der Waals surface area contributed by atoms with Crippen molar-refractivity contribution in [2.45, 2.75) is 19.6 Å². The van der Waals surface area contributed by atoms with Gasteiger partial charge in [0.05, 0.1) is 22.3 Å². The summed E-state index contributed by atoms with van der Waals surface area (Å²) in [6.45, 7) is 2.92. The molecule has 1 N–H and O–H groups in total. The second-order valence-corrected chi connectivity index (χ2v) is 5.09. The van der Waals surface area contributed by atoms with E-state index in [0.29, 0.717) is 16.3 Å². The molecule has 21 heavy (non-hydrogen) atoms. The summed E-state index contributed by atoms with van der Waals surface area (Å²) >= 11 is 5.96. The van der Waals surface area contributed by atoms with E-state index >= 15 is 0 Å². The third-order valence-corrected chi connectivity index (χ3v) is 2.91. The lowest BCUT2D eigenvalue weighted by Gasteiger charge is -2.29. The summed E-state index contributed by atoms with van der Waals surface area (Å²) in [5.74, 6) is -2.88. The number of rotatable bonds is 2. The molecule has 6 nitrogen and oxygen atoms in total. The minimum absolute atomic E-state index is 0.284. The molecular weight excluding hydrogens is 296 g/mol. The van der Waals surface area contributed by atoms with Crippen LogP contribution in [-0.2, 0) is 19.1 Å². The highest BCUT2D eigenvalue weighted by atomic mass is 35.5. The molecule has 1 aliphatic heterocycles. The molecule has 1 aromatic rings.